The summed E-state index contributed by atoms with van der Waals surface area (Å²) in [4.78, 5) is 44.8. The van der Waals surface area contributed by atoms with Crippen LogP contribution in [0.5, 0.6) is 0 Å². The standard InChI is InChI=1S/C32H38N8O2/c1-19(33)31(41)39-15-3-5-27(39)29-35-17-25(37-29)23-11-7-21(8-12-23)22-9-13-24(14-10-22)26-18-36-30(38-26)28-6-4-16-40(28)32(42)20(2)34/h7-14,17-20,27-28H,3-6,15-16,33-34H2,1-2H3,(H,35,37)(H,36,38)/t19-,20-,27-,28?/m0/s1. The molecule has 10 heteroatoms. The number of carbonyl (C=O) groups is 2. The van der Waals surface area contributed by atoms with Gasteiger partial charge >= 0.3 is 0 Å². The van der Waals surface area contributed by atoms with Crippen molar-refractivity contribution in [3.8, 4) is 33.6 Å². The summed E-state index contributed by atoms with van der Waals surface area (Å²) in [7, 11) is 0. The number of hydrogen-bond acceptors (Lipinski definition) is 6. The highest BCUT2D eigenvalue weighted by molar-refractivity contribution is 5.82. The number of aromatic amines is 2. The molecule has 6 rings (SSSR count). The number of benzene rings is 2. The van der Waals surface area contributed by atoms with E-state index in [9.17, 15) is 9.59 Å². The summed E-state index contributed by atoms with van der Waals surface area (Å²) in [6.07, 6.45) is 7.33. The Kier molecular flexibility index (Phi) is 7.66. The van der Waals surface area contributed by atoms with Crippen molar-refractivity contribution >= 4 is 11.8 Å². The molecule has 10 nitrogen and oxygen atoms in total. The number of aromatic nitrogens is 4. The van der Waals surface area contributed by atoms with E-state index >= 15 is 0 Å². The summed E-state index contributed by atoms with van der Waals surface area (Å²) in [5.74, 6) is 1.54. The molecule has 2 aliphatic rings. The molecule has 2 amide bonds. The Morgan fingerprint density at radius 2 is 1.05 bits per heavy atom. The molecule has 218 valence electrons. The summed E-state index contributed by atoms with van der Waals surface area (Å²) in [6.45, 7) is 4.88. The molecule has 2 aromatic carbocycles. The van der Waals surface area contributed by atoms with E-state index in [0.717, 1.165) is 71.0 Å². The summed E-state index contributed by atoms with van der Waals surface area (Å²) >= 11 is 0. The fourth-order valence-electron chi connectivity index (χ4n) is 6.14. The largest absolute Gasteiger partial charge is 0.340 e. The van der Waals surface area contributed by atoms with Crippen LogP contribution in [0.3, 0.4) is 0 Å². The maximum Gasteiger partial charge on any atom is 0.239 e. The van der Waals surface area contributed by atoms with Crippen molar-refractivity contribution in [3.05, 3.63) is 72.6 Å². The Morgan fingerprint density at radius 3 is 1.40 bits per heavy atom. The van der Waals surface area contributed by atoms with Gasteiger partial charge in [-0.15, -0.1) is 0 Å². The molecular formula is C32H38N8O2. The van der Waals surface area contributed by atoms with Gasteiger partial charge in [-0.1, -0.05) is 48.5 Å². The molecule has 0 radical (unpaired) electrons. The Hall–Kier alpha value is -4.28. The summed E-state index contributed by atoms with van der Waals surface area (Å²) in [5.41, 5.74) is 17.8. The summed E-state index contributed by atoms with van der Waals surface area (Å²) in [6, 6.07) is 15.6. The Bertz CT molecular complexity index is 1440. The lowest BCUT2D eigenvalue weighted by atomic mass is 10.0. The van der Waals surface area contributed by atoms with Crippen molar-refractivity contribution in [2.24, 2.45) is 11.5 Å². The molecule has 2 saturated heterocycles. The third kappa shape index (κ3) is 5.35. The number of H-pyrrole nitrogens is 2. The monoisotopic (exact) mass is 566 g/mol. The molecule has 4 aromatic rings. The predicted molar refractivity (Wildman–Crippen MR) is 162 cm³/mol. The van der Waals surface area contributed by atoms with Crippen molar-refractivity contribution in [2.45, 2.75) is 63.7 Å². The molecule has 0 spiro atoms. The molecule has 2 fully saturated rings. The molecular weight excluding hydrogens is 528 g/mol. The first-order valence-electron chi connectivity index (χ1n) is 14.7. The Morgan fingerprint density at radius 1 is 0.690 bits per heavy atom. The number of imidazole rings is 2. The molecule has 0 aliphatic carbocycles. The van der Waals surface area contributed by atoms with Gasteiger partial charge in [-0.25, -0.2) is 9.97 Å². The van der Waals surface area contributed by atoms with Crippen molar-refractivity contribution in [1.29, 1.82) is 0 Å². The minimum absolute atomic E-state index is 0.0343. The molecule has 42 heavy (non-hydrogen) atoms. The van der Waals surface area contributed by atoms with Crippen LogP contribution in [0, 0.1) is 0 Å². The first kappa shape index (κ1) is 27.9. The van der Waals surface area contributed by atoms with Gasteiger partial charge in [0, 0.05) is 13.1 Å². The van der Waals surface area contributed by atoms with Crippen LogP contribution in [-0.4, -0.2) is 66.7 Å². The van der Waals surface area contributed by atoms with Crippen LogP contribution in [-0.2, 0) is 9.59 Å². The van der Waals surface area contributed by atoms with Crippen LogP contribution < -0.4 is 11.5 Å². The van der Waals surface area contributed by atoms with Gasteiger partial charge in [0.1, 0.15) is 11.6 Å². The molecule has 4 atom stereocenters. The van der Waals surface area contributed by atoms with Crippen LogP contribution in [0.2, 0.25) is 0 Å². The number of nitrogens with one attached hydrogen (secondary N) is 2. The third-order valence-electron chi connectivity index (χ3n) is 8.40. The van der Waals surface area contributed by atoms with E-state index in [2.05, 4.69) is 68.5 Å². The van der Waals surface area contributed by atoms with E-state index in [-0.39, 0.29) is 23.9 Å². The molecule has 0 bridgehead atoms. The average Bonchev–Trinajstić information content (AvgIpc) is 3.82. The van der Waals surface area contributed by atoms with E-state index in [1.54, 1.807) is 13.8 Å². The van der Waals surface area contributed by atoms with Gasteiger partial charge in [-0.3, -0.25) is 9.59 Å². The fourth-order valence-corrected chi connectivity index (χ4v) is 6.14. The smallest absolute Gasteiger partial charge is 0.239 e. The van der Waals surface area contributed by atoms with Crippen LogP contribution in [0.25, 0.3) is 33.6 Å². The van der Waals surface area contributed by atoms with E-state index in [1.807, 2.05) is 22.2 Å². The van der Waals surface area contributed by atoms with Crippen LogP contribution in [0.1, 0.15) is 63.3 Å². The summed E-state index contributed by atoms with van der Waals surface area (Å²) < 4.78 is 0. The molecule has 1 unspecified atom stereocenters. The maximum absolute atomic E-state index is 12.5. The highest BCUT2D eigenvalue weighted by Crippen LogP contribution is 2.34. The van der Waals surface area contributed by atoms with E-state index in [0.29, 0.717) is 13.1 Å². The molecule has 2 aliphatic heterocycles. The second-order valence-electron chi connectivity index (χ2n) is 11.5. The normalized spacial score (nSPS) is 20.2. The van der Waals surface area contributed by atoms with Crippen molar-refractivity contribution in [2.75, 3.05) is 13.1 Å². The van der Waals surface area contributed by atoms with Gasteiger partial charge in [-0.05, 0) is 61.8 Å². The zero-order chi connectivity index (χ0) is 29.4. The van der Waals surface area contributed by atoms with Gasteiger partial charge in [0.25, 0.3) is 0 Å². The highest BCUT2D eigenvalue weighted by atomic mass is 16.2. The van der Waals surface area contributed by atoms with E-state index in [4.69, 9.17) is 11.5 Å². The number of amides is 2. The predicted octanol–water partition coefficient (Wildman–Crippen LogP) is 4.16. The average molecular weight is 567 g/mol. The molecule has 2 aromatic heterocycles. The van der Waals surface area contributed by atoms with E-state index < -0.39 is 12.1 Å². The molecule has 6 N–H and O–H groups in total. The van der Waals surface area contributed by atoms with Gasteiger partial charge in [0.15, 0.2) is 0 Å². The fraction of sp³-hybridized carbons (Fsp3) is 0.375. The lowest BCUT2D eigenvalue weighted by Gasteiger charge is -2.24. The zero-order valence-electron chi connectivity index (χ0n) is 24.1. The van der Waals surface area contributed by atoms with E-state index in [1.165, 1.54) is 0 Å². The third-order valence-corrected chi connectivity index (χ3v) is 8.40. The Labute approximate surface area is 245 Å². The van der Waals surface area contributed by atoms with Crippen LogP contribution >= 0.6 is 0 Å². The minimum Gasteiger partial charge on any atom is -0.340 e. The number of hydrogen-bond donors (Lipinski definition) is 4. The lowest BCUT2D eigenvalue weighted by Crippen LogP contribution is -2.41. The maximum atomic E-state index is 12.5. The summed E-state index contributed by atoms with van der Waals surface area (Å²) in [5, 5.41) is 0. The Balaban J connectivity index is 1.13. The zero-order valence-corrected chi connectivity index (χ0v) is 24.1. The molecule has 0 saturated carbocycles. The van der Waals surface area contributed by atoms with Gasteiger partial charge in [0.2, 0.25) is 11.8 Å². The SMILES string of the molecule is C[C@H](N)C(=O)N1CCCC1c1ncc(-c2ccc(-c3ccc(-c4cnc([C@@H]5CCCN5C(=O)[C@H](C)N)[nH]4)cc3)cc2)[nH]1. The second kappa shape index (κ2) is 11.5. The van der Waals surface area contributed by atoms with Crippen molar-refractivity contribution in [3.63, 3.8) is 0 Å². The topological polar surface area (TPSA) is 150 Å². The van der Waals surface area contributed by atoms with Gasteiger partial charge in [0.05, 0.1) is 47.9 Å². The minimum atomic E-state index is -0.515. The van der Waals surface area contributed by atoms with Gasteiger partial charge < -0.3 is 31.2 Å². The van der Waals surface area contributed by atoms with Crippen LogP contribution in [0.4, 0.5) is 0 Å². The van der Waals surface area contributed by atoms with Crippen molar-refractivity contribution < 1.29 is 9.59 Å². The number of nitrogens with two attached hydrogens (primary N) is 2. The van der Waals surface area contributed by atoms with Crippen LogP contribution in [0.15, 0.2) is 60.9 Å². The van der Waals surface area contributed by atoms with Crippen molar-refractivity contribution in [1.82, 2.24) is 29.7 Å². The number of likely N-dealkylation sites (tertiary alicyclic amines) is 2. The molecule has 4 heterocycles. The number of carbonyl (C=O) groups excluding carboxylic acids is 2. The lowest BCUT2D eigenvalue weighted by molar-refractivity contribution is -0.134. The first-order valence-corrected chi connectivity index (χ1v) is 14.7. The number of rotatable bonds is 7. The van der Waals surface area contributed by atoms with Gasteiger partial charge in [-0.2, -0.15) is 0 Å². The second-order valence-corrected chi connectivity index (χ2v) is 11.5. The quantitative estimate of drug-likeness (QED) is 0.264. The number of nitrogens with zero attached hydrogens (tertiary/aromatic N) is 4. The first-order chi connectivity index (χ1) is 20.3. The highest BCUT2D eigenvalue weighted by Gasteiger charge is 2.34.